The second-order valence-electron chi connectivity index (χ2n) is 6.15. The third-order valence-corrected chi connectivity index (χ3v) is 4.19. The smallest absolute Gasteiger partial charge is 0.316 e. The van der Waals surface area contributed by atoms with Crippen molar-refractivity contribution in [3.8, 4) is 6.01 Å². The van der Waals surface area contributed by atoms with Crippen LogP contribution in [0.25, 0.3) is 0 Å². The fraction of sp³-hybridized carbons (Fsp3) is 0.389. The lowest BCUT2D eigenvalue weighted by Crippen LogP contribution is -2.40. The first-order valence-electron chi connectivity index (χ1n) is 8.26. The molecule has 0 atom stereocenters. The number of carbonyl (C=O) groups is 1. The number of carbonyl (C=O) groups excluding carboxylic acids is 1. The van der Waals surface area contributed by atoms with Gasteiger partial charge in [0, 0.05) is 6.04 Å². The largest absolute Gasteiger partial charge is 0.460 e. The van der Waals surface area contributed by atoms with Gasteiger partial charge in [-0.25, -0.2) is 18.7 Å². The van der Waals surface area contributed by atoms with Crippen molar-refractivity contribution in [3.63, 3.8) is 0 Å². The Kier molecular flexibility index (Phi) is 5.53. The highest BCUT2D eigenvalue weighted by Gasteiger charge is 2.24. The lowest BCUT2D eigenvalue weighted by molar-refractivity contribution is -0.121. The maximum Gasteiger partial charge on any atom is 0.316 e. The molecule has 5 nitrogen and oxygen atoms in total. The number of rotatable bonds is 5. The van der Waals surface area contributed by atoms with E-state index < -0.39 is 5.82 Å². The molecule has 0 radical (unpaired) electrons. The summed E-state index contributed by atoms with van der Waals surface area (Å²) >= 11 is 0. The van der Waals surface area contributed by atoms with E-state index >= 15 is 0 Å². The quantitative estimate of drug-likeness (QED) is 0.903. The van der Waals surface area contributed by atoms with Crippen LogP contribution < -0.4 is 10.1 Å². The topological polar surface area (TPSA) is 64.1 Å². The van der Waals surface area contributed by atoms with E-state index in [0.717, 1.165) is 43.6 Å². The Bertz CT molecular complexity index is 699. The molecule has 1 aliphatic carbocycles. The average Bonchev–Trinajstić information content (AvgIpc) is 2.61. The van der Waals surface area contributed by atoms with E-state index in [1.807, 2.05) is 0 Å². The number of hydrogen-bond donors (Lipinski definition) is 1. The standard InChI is InChI=1S/C18H19F2N3O2/c19-13-3-1-12(2-4-13)9-17(24)23-15-5-7-16(8-6-15)25-18-21-10-14(20)11-22-18/h1-4,10-11,15-16H,5-9H2,(H,23,24). The molecule has 1 heterocycles. The number of hydrogen-bond acceptors (Lipinski definition) is 4. The summed E-state index contributed by atoms with van der Waals surface area (Å²) in [5.74, 6) is -0.884. The number of benzene rings is 1. The third-order valence-electron chi connectivity index (χ3n) is 4.19. The molecule has 1 N–H and O–H groups in total. The number of nitrogens with zero attached hydrogens (tertiary/aromatic N) is 2. The molecular weight excluding hydrogens is 328 g/mol. The van der Waals surface area contributed by atoms with Crippen LogP contribution in [0, 0.1) is 11.6 Å². The van der Waals surface area contributed by atoms with Gasteiger partial charge in [0.05, 0.1) is 18.8 Å². The maximum absolute atomic E-state index is 12.9. The predicted molar refractivity (Wildman–Crippen MR) is 86.9 cm³/mol. The molecule has 1 fully saturated rings. The first-order valence-corrected chi connectivity index (χ1v) is 8.26. The van der Waals surface area contributed by atoms with Gasteiger partial charge in [0.25, 0.3) is 0 Å². The number of ether oxygens (including phenoxy) is 1. The van der Waals surface area contributed by atoms with Crippen LogP contribution >= 0.6 is 0 Å². The minimum Gasteiger partial charge on any atom is -0.460 e. The molecule has 1 aromatic carbocycles. The van der Waals surface area contributed by atoms with Crippen LogP contribution in [0.15, 0.2) is 36.7 Å². The molecule has 1 aromatic heterocycles. The third kappa shape index (κ3) is 5.20. The Balaban J connectivity index is 1.42. The van der Waals surface area contributed by atoms with E-state index in [1.54, 1.807) is 12.1 Å². The molecule has 7 heteroatoms. The molecule has 1 amide bonds. The molecule has 25 heavy (non-hydrogen) atoms. The minimum atomic E-state index is -0.500. The number of nitrogens with one attached hydrogen (secondary N) is 1. The summed E-state index contributed by atoms with van der Waals surface area (Å²) in [6, 6.07) is 6.20. The molecule has 0 bridgehead atoms. The van der Waals surface area contributed by atoms with Crippen molar-refractivity contribution in [2.75, 3.05) is 0 Å². The molecule has 132 valence electrons. The Morgan fingerprint density at radius 2 is 1.68 bits per heavy atom. The van der Waals surface area contributed by atoms with Gasteiger partial charge in [-0.15, -0.1) is 0 Å². The normalized spacial score (nSPS) is 20.1. The molecule has 2 aromatic rings. The summed E-state index contributed by atoms with van der Waals surface area (Å²) in [6.45, 7) is 0. The second kappa shape index (κ2) is 8.00. The van der Waals surface area contributed by atoms with E-state index in [0.29, 0.717) is 0 Å². The Morgan fingerprint density at radius 3 is 2.32 bits per heavy atom. The zero-order valence-corrected chi connectivity index (χ0v) is 13.6. The highest BCUT2D eigenvalue weighted by Crippen LogP contribution is 2.22. The second-order valence-corrected chi connectivity index (χ2v) is 6.15. The van der Waals surface area contributed by atoms with Gasteiger partial charge in [0.2, 0.25) is 5.91 Å². The minimum absolute atomic E-state index is 0.0317. The molecule has 0 unspecified atom stereocenters. The molecule has 0 spiro atoms. The Hall–Kier alpha value is -2.57. The molecule has 1 aliphatic rings. The van der Waals surface area contributed by atoms with Crippen molar-refractivity contribution in [2.24, 2.45) is 0 Å². The molecule has 1 saturated carbocycles. The lowest BCUT2D eigenvalue weighted by atomic mass is 9.93. The Morgan fingerprint density at radius 1 is 1.04 bits per heavy atom. The summed E-state index contributed by atoms with van der Waals surface area (Å²) < 4.78 is 31.3. The van der Waals surface area contributed by atoms with E-state index in [2.05, 4.69) is 15.3 Å². The van der Waals surface area contributed by atoms with Gasteiger partial charge in [-0.05, 0) is 43.4 Å². The average molecular weight is 347 g/mol. The van der Waals surface area contributed by atoms with Crippen LogP contribution in [0.1, 0.15) is 31.2 Å². The molecule has 3 rings (SSSR count). The fourth-order valence-electron chi connectivity index (χ4n) is 2.90. The van der Waals surface area contributed by atoms with Crippen LogP contribution in [-0.4, -0.2) is 28.0 Å². The highest BCUT2D eigenvalue weighted by molar-refractivity contribution is 5.78. The number of aromatic nitrogens is 2. The van der Waals surface area contributed by atoms with Gasteiger partial charge in [0.15, 0.2) is 5.82 Å². The first kappa shape index (κ1) is 17.3. The van der Waals surface area contributed by atoms with Crippen molar-refractivity contribution >= 4 is 5.91 Å². The van der Waals surface area contributed by atoms with Crippen molar-refractivity contribution in [1.82, 2.24) is 15.3 Å². The zero-order valence-electron chi connectivity index (χ0n) is 13.6. The number of amides is 1. The van der Waals surface area contributed by atoms with Gasteiger partial charge in [-0.3, -0.25) is 4.79 Å². The Labute approximate surface area is 144 Å². The fourth-order valence-corrected chi connectivity index (χ4v) is 2.90. The number of halogens is 2. The summed E-state index contributed by atoms with van der Waals surface area (Å²) in [5.41, 5.74) is 0.782. The molecule has 0 aliphatic heterocycles. The van der Waals surface area contributed by atoms with Crippen LogP contribution in [0.3, 0.4) is 0 Å². The molecular formula is C18H19F2N3O2. The van der Waals surface area contributed by atoms with Gasteiger partial charge >= 0.3 is 6.01 Å². The summed E-state index contributed by atoms with van der Waals surface area (Å²) in [7, 11) is 0. The van der Waals surface area contributed by atoms with Crippen LogP contribution in [0.2, 0.25) is 0 Å². The van der Waals surface area contributed by atoms with Gasteiger partial charge in [-0.1, -0.05) is 12.1 Å². The van der Waals surface area contributed by atoms with Crippen LogP contribution in [-0.2, 0) is 11.2 Å². The van der Waals surface area contributed by atoms with E-state index in [4.69, 9.17) is 4.74 Å². The predicted octanol–water partition coefficient (Wildman–Crippen LogP) is 2.80. The van der Waals surface area contributed by atoms with Crippen molar-refractivity contribution < 1.29 is 18.3 Å². The van der Waals surface area contributed by atoms with Gasteiger partial charge < -0.3 is 10.1 Å². The first-order chi connectivity index (χ1) is 12.1. The van der Waals surface area contributed by atoms with Crippen LogP contribution in [0.4, 0.5) is 8.78 Å². The van der Waals surface area contributed by atoms with Crippen molar-refractivity contribution in [2.45, 2.75) is 44.2 Å². The van der Waals surface area contributed by atoms with E-state index in [1.165, 1.54) is 12.1 Å². The SMILES string of the molecule is O=C(Cc1ccc(F)cc1)NC1CCC(Oc2ncc(F)cn2)CC1. The monoisotopic (exact) mass is 347 g/mol. The zero-order chi connectivity index (χ0) is 17.6. The maximum atomic E-state index is 12.9. The van der Waals surface area contributed by atoms with Gasteiger partial charge in [-0.2, -0.15) is 0 Å². The van der Waals surface area contributed by atoms with Crippen molar-refractivity contribution in [3.05, 3.63) is 53.9 Å². The van der Waals surface area contributed by atoms with E-state index in [-0.39, 0.29) is 36.3 Å². The van der Waals surface area contributed by atoms with Crippen molar-refractivity contribution in [1.29, 1.82) is 0 Å². The summed E-state index contributed by atoms with van der Waals surface area (Å²) in [6.07, 6.45) is 5.47. The highest BCUT2D eigenvalue weighted by atomic mass is 19.1. The molecule has 0 saturated heterocycles. The summed E-state index contributed by atoms with van der Waals surface area (Å²) in [5, 5.41) is 3.00. The summed E-state index contributed by atoms with van der Waals surface area (Å²) in [4.78, 5) is 19.7. The van der Waals surface area contributed by atoms with E-state index in [9.17, 15) is 13.6 Å². The van der Waals surface area contributed by atoms with Crippen LogP contribution in [0.5, 0.6) is 6.01 Å². The van der Waals surface area contributed by atoms with Gasteiger partial charge in [0.1, 0.15) is 11.9 Å². The lowest BCUT2D eigenvalue weighted by Gasteiger charge is -2.28.